The van der Waals surface area contributed by atoms with Gasteiger partial charge in [-0.05, 0) is 74.4 Å². The minimum atomic E-state index is -0.759. The summed E-state index contributed by atoms with van der Waals surface area (Å²) in [6.07, 6.45) is 4.20. The van der Waals surface area contributed by atoms with E-state index in [-0.39, 0.29) is 29.8 Å². The molecule has 36 heavy (non-hydrogen) atoms. The van der Waals surface area contributed by atoms with E-state index in [0.717, 1.165) is 23.9 Å². The van der Waals surface area contributed by atoms with Gasteiger partial charge in [0, 0.05) is 6.54 Å². The van der Waals surface area contributed by atoms with Crippen molar-refractivity contribution in [2.75, 3.05) is 18.1 Å². The number of halogens is 1. The summed E-state index contributed by atoms with van der Waals surface area (Å²) in [5.41, 5.74) is 1.50. The fourth-order valence-corrected chi connectivity index (χ4v) is 5.68. The molecule has 0 bridgehead atoms. The summed E-state index contributed by atoms with van der Waals surface area (Å²) in [5, 5.41) is 9.29. The number of nitrogens with zero attached hydrogens (tertiary/aromatic N) is 4. The molecule has 1 saturated carbocycles. The highest BCUT2D eigenvalue weighted by Crippen LogP contribution is 2.48. The highest BCUT2D eigenvalue weighted by atomic mass is 19.1. The second-order valence-corrected chi connectivity index (χ2v) is 10.1. The van der Waals surface area contributed by atoms with Gasteiger partial charge in [-0.25, -0.2) is 19.0 Å². The van der Waals surface area contributed by atoms with E-state index in [1.165, 1.54) is 23.1 Å². The van der Waals surface area contributed by atoms with Crippen LogP contribution in [0, 0.1) is 22.6 Å². The van der Waals surface area contributed by atoms with E-state index in [9.17, 15) is 19.2 Å². The van der Waals surface area contributed by atoms with Crippen molar-refractivity contribution in [1.82, 2.24) is 9.55 Å². The van der Waals surface area contributed by atoms with Crippen molar-refractivity contribution < 1.29 is 23.5 Å². The molecular formula is C27H27FN4O4. The fourth-order valence-electron chi connectivity index (χ4n) is 5.68. The average molecular weight is 491 g/mol. The van der Waals surface area contributed by atoms with Crippen LogP contribution in [-0.2, 0) is 16.0 Å². The van der Waals surface area contributed by atoms with Gasteiger partial charge in [0.15, 0.2) is 0 Å². The second-order valence-electron chi connectivity index (χ2n) is 10.1. The number of hydrogen-bond donors (Lipinski definition) is 0. The molecule has 0 N–H and O–H groups in total. The molecule has 1 amide bonds. The summed E-state index contributed by atoms with van der Waals surface area (Å²) in [4.78, 5) is 30.9. The van der Waals surface area contributed by atoms with Crippen molar-refractivity contribution in [3.05, 3.63) is 59.7 Å². The maximum Gasteiger partial charge on any atom is 0.415 e. The van der Waals surface area contributed by atoms with Gasteiger partial charge >= 0.3 is 12.1 Å². The van der Waals surface area contributed by atoms with Crippen LogP contribution in [-0.4, -0.2) is 40.4 Å². The minimum Gasteiger partial charge on any atom is -0.462 e. The first-order chi connectivity index (χ1) is 17.2. The zero-order valence-electron chi connectivity index (χ0n) is 20.3. The van der Waals surface area contributed by atoms with Crippen LogP contribution in [0.2, 0.25) is 0 Å². The van der Waals surface area contributed by atoms with E-state index in [0.29, 0.717) is 24.9 Å². The van der Waals surface area contributed by atoms with E-state index in [2.05, 4.69) is 18.0 Å². The number of fused-ring (bicyclic) bond motifs is 1. The standard InChI is InChI=1S/C27H27FN4O4/c1-3-35-24(33)19-6-7-20(28)22(12-19)32-16-27(36-25(32)34)10-4-9-26(2,14-27)15-31-17-30-21-8-5-18(13-29)11-23(21)31/h5-8,11-12,17H,3-4,9-10,14-16H2,1-2H3/t26-,27-/m0/s1. The molecule has 0 radical (unpaired) electrons. The Morgan fingerprint density at radius 2 is 2.11 bits per heavy atom. The number of carbonyl (C=O) groups excluding carboxylic acids is 2. The van der Waals surface area contributed by atoms with Gasteiger partial charge < -0.3 is 14.0 Å². The van der Waals surface area contributed by atoms with Gasteiger partial charge in [0.2, 0.25) is 0 Å². The Hall–Kier alpha value is -3.93. The first-order valence-corrected chi connectivity index (χ1v) is 12.1. The molecule has 1 aliphatic carbocycles. The Bertz CT molecular complexity index is 1400. The number of amides is 1. The van der Waals surface area contributed by atoms with Gasteiger partial charge in [0.25, 0.3) is 0 Å². The number of anilines is 1. The van der Waals surface area contributed by atoms with Crippen molar-refractivity contribution in [1.29, 1.82) is 5.26 Å². The Morgan fingerprint density at radius 3 is 2.89 bits per heavy atom. The molecule has 2 fully saturated rings. The number of imidazole rings is 1. The molecule has 2 aliphatic rings. The molecule has 1 spiro atoms. The van der Waals surface area contributed by atoms with Crippen LogP contribution in [0.1, 0.15) is 55.5 Å². The molecular weight excluding hydrogens is 463 g/mol. The van der Waals surface area contributed by atoms with E-state index in [4.69, 9.17) is 9.47 Å². The number of ether oxygens (including phenoxy) is 2. The predicted octanol–water partition coefficient (Wildman–Crippen LogP) is 5.20. The zero-order chi connectivity index (χ0) is 25.5. The Labute approximate surface area is 208 Å². The van der Waals surface area contributed by atoms with Crippen LogP contribution < -0.4 is 4.90 Å². The van der Waals surface area contributed by atoms with Gasteiger partial charge in [0.05, 0.1) is 53.4 Å². The highest BCUT2D eigenvalue weighted by molar-refractivity contribution is 5.95. The molecule has 1 aliphatic heterocycles. The number of esters is 1. The molecule has 186 valence electrons. The van der Waals surface area contributed by atoms with Crippen molar-refractivity contribution in [3.8, 4) is 6.07 Å². The number of nitriles is 1. The largest absolute Gasteiger partial charge is 0.462 e. The fraction of sp³-hybridized carbons (Fsp3) is 0.407. The SMILES string of the molecule is CCOC(=O)c1ccc(F)c(N2C[C@@]3(CCC[C@](C)(Cn4cnc5ccc(C#N)cc54)C3)OC2=O)c1. The number of hydrogen-bond acceptors (Lipinski definition) is 6. The first kappa shape index (κ1) is 23.8. The molecule has 9 heteroatoms. The normalized spacial score (nSPS) is 23.6. The summed E-state index contributed by atoms with van der Waals surface area (Å²) in [6, 6.07) is 11.5. The van der Waals surface area contributed by atoms with Crippen LogP contribution in [0.3, 0.4) is 0 Å². The molecule has 5 rings (SSSR count). The van der Waals surface area contributed by atoms with Crippen LogP contribution in [0.5, 0.6) is 0 Å². The van der Waals surface area contributed by atoms with Crippen LogP contribution in [0.25, 0.3) is 11.0 Å². The second kappa shape index (κ2) is 8.94. The molecule has 0 unspecified atom stereocenters. The van der Waals surface area contributed by atoms with Gasteiger partial charge in [-0.1, -0.05) is 6.92 Å². The third-order valence-corrected chi connectivity index (χ3v) is 7.18. The molecule has 8 nitrogen and oxygen atoms in total. The maximum absolute atomic E-state index is 14.8. The Balaban J connectivity index is 1.39. The first-order valence-electron chi connectivity index (χ1n) is 12.1. The van der Waals surface area contributed by atoms with E-state index in [1.54, 1.807) is 19.3 Å². The van der Waals surface area contributed by atoms with E-state index < -0.39 is 23.5 Å². The summed E-state index contributed by atoms with van der Waals surface area (Å²) in [5.74, 6) is -1.17. The lowest BCUT2D eigenvalue weighted by atomic mass is 9.68. The Morgan fingerprint density at radius 1 is 1.28 bits per heavy atom. The highest BCUT2D eigenvalue weighted by Gasteiger charge is 2.52. The molecule has 1 aromatic heterocycles. The minimum absolute atomic E-state index is 0.0133. The molecule has 2 atom stereocenters. The van der Waals surface area contributed by atoms with Gasteiger partial charge in [-0.2, -0.15) is 5.26 Å². The molecule has 3 aromatic rings. The van der Waals surface area contributed by atoms with Gasteiger partial charge in [-0.3, -0.25) is 4.90 Å². The zero-order valence-corrected chi connectivity index (χ0v) is 20.3. The van der Waals surface area contributed by atoms with Gasteiger partial charge in [-0.15, -0.1) is 0 Å². The van der Waals surface area contributed by atoms with Gasteiger partial charge in [0.1, 0.15) is 11.4 Å². The summed E-state index contributed by atoms with van der Waals surface area (Å²) in [7, 11) is 0. The van der Waals surface area contributed by atoms with E-state index in [1.807, 2.05) is 16.7 Å². The quantitative estimate of drug-likeness (QED) is 0.456. The van der Waals surface area contributed by atoms with Crippen molar-refractivity contribution >= 4 is 28.8 Å². The average Bonchev–Trinajstić information content (AvgIpc) is 3.38. The predicted molar refractivity (Wildman–Crippen MR) is 130 cm³/mol. The third kappa shape index (κ3) is 4.28. The van der Waals surface area contributed by atoms with Crippen molar-refractivity contribution in [2.24, 2.45) is 5.41 Å². The summed E-state index contributed by atoms with van der Waals surface area (Å²) in [6.45, 7) is 4.90. The molecule has 2 heterocycles. The smallest absolute Gasteiger partial charge is 0.415 e. The lowest BCUT2D eigenvalue weighted by Crippen LogP contribution is -2.45. The van der Waals surface area contributed by atoms with Crippen molar-refractivity contribution in [2.45, 2.75) is 51.7 Å². The number of aromatic nitrogens is 2. The topological polar surface area (TPSA) is 97.5 Å². The molecule has 1 saturated heterocycles. The van der Waals surface area contributed by atoms with Crippen LogP contribution in [0.4, 0.5) is 14.9 Å². The van der Waals surface area contributed by atoms with Crippen LogP contribution in [0.15, 0.2) is 42.7 Å². The maximum atomic E-state index is 14.8. The molecule has 2 aromatic carbocycles. The third-order valence-electron chi connectivity index (χ3n) is 7.18. The lowest BCUT2D eigenvalue weighted by molar-refractivity contribution is -0.0264. The number of rotatable bonds is 5. The summed E-state index contributed by atoms with van der Waals surface area (Å²) < 4.78 is 27.8. The van der Waals surface area contributed by atoms with Crippen LogP contribution >= 0.6 is 0 Å². The number of carbonyl (C=O) groups is 2. The number of benzene rings is 2. The Kier molecular flexibility index (Phi) is 5.91. The lowest BCUT2D eigenvalue weighted by Gasteiger charge is -2.43. The van der Waals surface area contributed by atoms with E-state index >= 15 is 0 Å². The monoisotopic (exact) mass is 490 g/mol. The van der Waals surface area contributed by atoms with Crippen molar-refractivity contribution in [3.63, 3.8) is 0 Å². The summed E-state index contributed by atoms with van der Waals surface area (Å²) >= 11 is 0.